The molecule has 0 amide bonds. The molecule has 2 heteroatoms. The summed E-state index contributed by atoms with van der Waals surface area (Å²) in [6.45, 7) is 3.85. The van der Waals surface area contributed by atoms with E-state index < -0.39 is 0 Å². The van der Waals surface area contributed by atoms with Gasteiger partial charge in [0.05, 0.1) is 0 Å². The van der Waals surface area contributed by atoms with E-state index in [1.807, 2.05) is 0 Å². The summed E-state index contributed by atoms with van der Waals surface area (Å²) in [6, 6.07) is 0. The number of hydrogen-bond donors (Lipinski definition) is 0. The van der Waals surface area contributed by atoms with Crippen LogP contribution in [0.4, 0.5) is 0 Å². The average Bonchev–Trinajstić information content (AvgIpc) is 2.72. The maximum Gasteiger partial charge on any atom is 0.136 e. The fraction of sp³-hybridized carbons (Fsp3) is 0.765. The minimum absolute atomic E-state index is 0.263. The molecule has 0 bridgehead atoms. The molecule has 1 fully saturated rings. The Morgan fingerprint density at radius 1 is 1.32 bits per heavy atom. The minimum Gasteiger partial charge on any atom is -0.300 e. The van der Waals surface area contributed by atoms with Gasteiger partial charge < -0.3 is 4.79 Å². The molecule has 0 radical (unpaired) electrons. The van der Waals surface area contributed by atoms with E-state index in [1.54, 1.807) is 6.92 Å². The van der Waals surface area contributed by atoms with Crippen LogP contribution in [0.2, 0.25) is 0 Å². The number of hydrogen-bond acceptors (Lipinski definition) is 2. The third kappa shape index (κ3) is 6.17. The van der Waals surface area contributed by atoms with Crippen LogP contribution in [0.3, 0.4) is 0 Å². The maximum atomic E-state index is 11.9. The van der Waals surface area contributed by atoms with Gasteiger partial charge in [0.15, 0.2) is 0 Å². The molecule has 0 saturated heterocycles. The van der Waals surface area contributed by atoms with Gasteiger partial charge in [0.1, 0.15) is 11.6 Å². The number of ketones is 2. The summed E-state index contributed by atoms with van der Waals surface area (Å²) in [5, 5.41) is 0. The first kappa shape index (κ1) is 16.1. The number of rotatable bonds is 9. The Kier molecular flexibility index (Phi) is 7.69. The van der Waals surface area contributed by atoms with E-state index in [1.165, 1.54) is 19.3 Å². The van der Waals surface area contributed by atoms with Crippen molar-refractivity contribution in [2.24, 2.45) is 11.8 Å². The van der Waals surface area contributed by atoms with E-state index in [4.69, 9.17) is 0 Å². The van der Waals surface area contributed by atoms with E-state index in [0.29, 0.717) is 18.1 Å². The van der Waals surface area contributed by atoms with Crippen LogP contribution in [0.25, 0.3) is 0 Å². The molecule has 0 aromatic heterocycles. The molecule has 0 spiro atoms. The molecule has 19 heavy (non-hydrogen) atoms. The van der Waals surface area contributed by atoms with E-state index >= 15 is 0 Å². The van der Waals surface area contributed by atoms with Crippen LogP contribution >= 0.6 is 0 Å². The van der Waals surface area contributed by atoms with Gasteiger partial charge in [-0.15, -0.1) is 0 Å². The van der Waals surface area contributed by atoms with Crippen LogP contribution in [0.5, 0.6) is 0 Å². The largest absolute Gasteiger partial charge is 0.300 e. The zero-order valence-corrected chi connectivity index (χ0v) is 12.5. The fourth-order valence-corrected chi connectivity index (χ4v) is 2.94. The van der Waals surface area contributed by atoms with Crippen molar-refractivity contribution in [1.82, 2.24) is 0 Å². The molecule has 1 rings (SSSR count). The number of carbonyl (C=O) groups is 2. The Balaban J connectivity index is 2.26. The number of Topliss-reactive ketones (excluding diaryl/α,β-unsaturated/α-hetero) is 2. The molecular formula is C17H28O2. The predicted molar refractivity (Wildman–Crippen MR) is 79.0 cm³/mol. The highest BCUT2D eigenvalue weighted by Gasteiger charge is 2.32. The van der Waals surface area contributed by atoms with Crippen molar-refractivity contribution in [3.63, 3.8) is 0 Å². The summed E-state index contributed by atoms with van der Waals surface area (Å²) in [4.78, 5) is 22.7. The topological polar surface area (TPSA) is 34.1 Å². The van der Waals surface area contributed by atoms with Crippen LogP contribution in [-0.2, 0) is 9.59 Å². The lowest BCUT2D eigenvalue weighted by Gasteiger charge is -2.16. The van der Waals surface area contributed by atoms with Gasteiger partial charge in [0.2, 0.25) is 0 Å². The lowest BCUT2D eigenvalue weighted by Crippen LogP contribution is -2.13. The van der Waals surface area contributed by atoms with Crippen molar-refractivity contribution >= 4 is 11.6 Å². The molecule has 2 nitrogen and oxygen atoms in total. The highest BCUT2D eigenvalue weighted by molar-refractivity contribution is 5.83. The van der Waals surface area contributed by atoms with Gasteiger partial charge in [-0.05, 0) is 44.9 Å². The second-order valence-electron chi connectivity index (χ2n) is 5.82. The van der Waals surface area contributed by atoms with E-state index in [9.17, 15) is 9.59 Å². The second-order valence-corrected chi connectivity index (χ2v) is 5.82. The van der Waals surface area contributed by atoms with Gasteiger partial charge >= 0.3 is 0 Å². The molecule has 0 aliphatic heterocycles. The fourth-order valence-electron chi connectivity index (χ4n) is 2.94. The molecule has 0 aromatic rings. The third-order valence-electron chi connectivity index (χ3n) is 4.13. The first-order chi connectivity index (χ1) is 9.15. The molecule has 1 saturated carbocycles. The molecule has 0 heterocycles. The van der Waals surface area contributed by atoms with Crippen LogP contribution in [-0.4, -0.2) is 11.6 Å². The number of carbonyl (C=O) groups excluding carboxylic acids is 2. The van der Waals surface area contributed by atoms with Crippen molar-refractivity contribution in [2.75, 3.05) is 0 Å². The molecule has 2 atom stereocenters. The molecule has 0 aromatic carbocycles. The molecule has 1 aliphatic carbocycles. The van der Waals surface area contributed by atoms with Crippen molar-refractivity contribution in [3.8, 4) is 0 Å². The monoisotopic (exact) mass is 264 g/mol. The van der Waals surface area contributed by atoms with Crippen LogP contribution < -0.4 is 0 Å². The standard InChI is InChI=1S/C17H28O2/c1-3-4-10-15-12-13-17(19)16(15)11-8-6-5-7-9-14(2)18/h6,8,15-16H,3-5,7,9-13H2,1-2H3/b8-6-/t15-,16+/m0/s1. The number of allylic oxidation sites excluding steroid dienone is 2. The Morgan fingerprint density at radius 2 is 2.11 bits per heavy atom. The molecule has 0 unspecified atom stereocenters. The Morgan fingerprint density at radius 3 is 2.79 bits per heavy atom. The van der Waals surface area contributed by atoms with E-state index in [-0.39, 0.29) is 11.7 Å². The quantitative estimate of drug-likeness (QED) is 0.454. The van der Waals surface area contributed by atoms with Gasteiger partial charge in [-0.3, -0.25) is 4.79 Å². The van der Waals surface area contributed by atoms with Crippen LogP contribution in [0, 0.1) is 11.8 Å². The lowest BCUT2D eigenvalue weighted by molar-refractivity contribution is -0.121. The van der Waals surface area contributed by atoms with Gasteiger partial charge in [-0.1, -0.05) is 31.9 Å². The van der Waals surface area contributed by atoms with Crippen LogP contribution in [0.1, 0.15) is 71.6 Å². The van der Waals surface area contributed by atoms with E-state index in [0.717, 1.165) is 32.1 Å². The summed E-state index contributed by atoms with van der Waals surface area (Å²) in [6.07, 6.45) is 13.3. The average molecular weight is 264 g/mol. The molecule has 0 N–H and O–H groups in total. The normalized spacial score (nSPS) is 23.4. The summed E-state index contributed by atoms with van der Waals surface area (Å²) < 4.78 is 0. The first-order valence-electron chi connectivity index (χ1n) is 7.82. The highest BCUT2D eigenvalue weighted by Crippen LogP contribution is 2.35. The number of unbranched alkanes of at least 4 members (excludes halogenated alkanes) is 2. The summed E-state index contributed by atoms with van der Waals surface area (Å²) in [5.74, 6) is 1.62. The summed E-state index contributed by atoms with van der Waals surface area (Å²) >= 11 is 0. The molecule has 108 valence electrons. The first-order valence-corrected chi connectivity index (χ1v) is 7.82. The Labute approximate surface area is 117 Å². The highest BCUT2D eigenvalue weighted by atomic mass is 16.1. The Hall–Kier alpha value is -0.920. The minimum atomic E-state index is 0.263. The van der Waals surface area contributed by atoms with Gasteiger partial charge in [0, 0.05) is 18.8 Å². The van der Waals surface area contributed by atoms with Crippen molar-refractivity contribution in [2.45, 2.75) is 71.6 Å². The van der Waals surface area contributed by atoms with Crippen molar-refractivity contribution in [3.05, 3.63) is 12.2 Å². The van der Waals surface area contributed by atoms with E-state index in [2.05, 4.69) is 19.1 Å². The van der Waals surface area contributed by atoms with Crippen molar-refractivity contribution in [1.29, 1.82) is 0 Å². The Bertz CT molecular complexity index is 317. The van der Waals surface area contributed by atoms with Gasteiger partial charge in [-0.25, -0.2) is 0 Å². The van der Waals surface area contributed by atoms with Crippen molar-refractivity contribution < 1.29 is 9.59 Å². The molecule has 1 aliphatic rings. The summed E-state index contributed by atoms with van der Waals surface area (Å²) in [7, 11) is 0. The predicted octanol–water partition coefficient (Wildman–Crippen LogP) is 4.48. The second kappa shape index (κ2) is 9.06. The van der Waals surface area contributed by atoms with Crippen LogP contribution in [0.15, 0.2) is 12.2 Å². The van der Waals surface area contributed by atoms with Gasteiger partial charge in [-0.2, -0.15) is 0 Å². The third-order valence-corrected chi connectivity index (χ3v) is 4.13. The molecular weight excluding hydrogens is 236 g/mol. The zero-order valence-electron chi connectivity index (χ0n) is 12.5. The lowest BCUT2D eigenvalue weighted by atomic mass is 9.88. The summed E-state index contributed by atoms with van der Waals surface area (Å²) in [5.41, 5.74) is 0. The SMILES string of the molecule is CCCC[C@H]1CCC(=O)[C@@H]1C/C=C\CCCC(C)=O. The smallest absolute Gasteiger partial charge is 0.136 e. The zero-order chi connectivity index (χ0) is 14.1. The maximum absolute atomic E-state index is 11.9. The van der Waals surface area contributed by atoms with Gasteiger partial charge in [0.25, 0.3) is 0 Å².